The van der Waals surface area contributed by atoms with Gasteiger partial charge in [0.15, 0.2) is 0 Å². The zero-order chi connectivity index (χ0) is 23.1. The third-order valence-corrected chi connectivity index (χ3v) is 4.92. The van der Waals surface area contributed by atoms with E-state index in [1.165, 1.54) is 13.0 Å². The highest BCUT2D eigenvalue weighted by molar-refractivity contribution is 6.46. The van der Waals surface area contributed by atoms with Gasteiger partial charge in [0.2, 0.25) is 5.71 Å². The van der Waals surface area contributed by atoms with Crippen molar-refractivity contribution < 1.29 is 14.7 Å². The first-order chi connectivity index (χ1) is 14.7. The van der Waals surface area contributed by atoms with Crippen molar-refractivity contribution in [2.24, 2.45) is 5.10 Å². The Morgan fingerprint density at radius 3 is 2.35 bits per heavy atom. The van der Waals surface area contributed by atoms with E-state index in [1.807, 2.05) is 0 Å². The molecule has 31 heavy (non-hydrogen) atoms. The number of hydrogen-bond acceptors (Lipinski definition) is 6. The Hall–Kier alpha value is -3.59. The number of rotatable bonds is 6. The van der Waals surface area contributed by atoms with Crippen molar-refractivity contribution in [2.75, 3.05) is 12.0 Å². The van der Waals surface area contributed by atoms with Crippen LogP contribution in [0.2, 0.25) is 10.0 Å². The van der Waals surface area contributed by atoms with Gasteiger partial charge in [-0.2, -0.15) is 15.6 Å². The lowest BCUT2D eigenvalue weighted by molar-refractivity contribution is -0.121. The zero-order valence-corrected chi connectivity index (χ0v) is 18.1. The predicted molar refractivity (Wildman–Crippen MR) is 117 cm³/mol. The number of nitriles is 2. The molecule has 1 unspecified atom stereocenters. The van der Waals surface area contributed by atoms with E-state index < -0.39 is 23.6 Å². The van der Waals surface area contributed by atoms with Crippen LogP contribution in [0.25, 0.3) is 0 Å². The second kappa shape index (κ2) is 10.4. The number of hydrazone groups is 1. The van der Waals surface area contributed by atoms with Crippen LogP contribution in [-0.2, 0) is 4.79 Å². The standard InChI is InChI=1S/C21H17Cl2N5O3/c1-3-28(21(30)31)20(29)18(11-25)27-26-15-8-12(2)19(17(23)9-15)16(10-24)13-4-6-14(22)7-5-13/h4-9,16,26H,3H2,1-2H3,(H,30,31)/b27-18+. The van der Waals surface area contributed by atoms with Crippen LogP contribution in [0.4, 0.5) is 10.5 Å². The largest absolute Gasteiger partial charge is 0.465 e. The van der Waals surface area contributed by atoms with Crippen LogP contribution >= 0.6 is 23.2 Å². The van der Waals surface area contributed by atoms with Crippen LogP contribution in [0, 0.1) is 29.6 Å². The molecule has 0 aromatic heterocycles. The lowest BCUT2D eigenvalue weighted by Crippen LogP contribution is -2.40. The number of carbonyl (C=O) groups is 2. The Morgan fingerprint density at radius 2 is 1.87 bits per heavy atom. The van der Waals surface area contributed by atoms with Crippen LogP contribution in [0.3, 0.4) is 0 Å². The minimum absolute atomic E-state index is 0.130. The summed E-state index contributed by atoms with van der Waals surface area (Å²) in [5.74, 6) is -1.68. The van der Waals surface area contributed by atoms with E-state index in [-0.39, 0.29) is 11.6 Å². The second-order valence-corrected chi connectivity index (χ2v) is 7.16. The summed E-state index contributed by atoms with van der Waals surface area (Å²) in [7, 11) is 0. The molecule has 10 heteroatoms. The van der Waals surface area contributed by atoms with Crippen LogP contribution < -0.4 is 5.43 Å². The van der Waals surface area contributed by atoms with Gasteiger partial charge < -0.3 is 5.11 Å². The van der Waals surface area contributed by atoms with Crippen molar-refractivity contribution in [3.63, 3.8) is 0 Å². The van der Waals surface area contributed by atoms with Crippen molar-refractivity contribution in [1.29, 1.82) is 10.5 Å². The van der Waals surface area contributed by atoms with Gasteiger partial charge in [0.25, 0.3) is 5.91 Å². The van der Waals surface area contributed by atoms with Crippen molar-refractivity contribution in [2.45, 2.75) is 19.8 Å². The van der Waals surface area contributed by atoms with E-state index in [2.05, 4.69) is 16.6 Å². The molecular weight excluding hydrogens is 441 g/mol. The fraction of sp³-hybridized carbons (Fsp3) is 0.190. The maximum Gasteiger partial charge on any atom is 0.414 e. The predicted octanol–water partition coefficient (Wildman–Crippen LogP) is 4.78. The first-order valence-electron chi connectivity index (χ1n) is 8.97. The summed E-state index contributed by atoms with van der Waals surface area (Å²) in [5.41, 5.74) is 4.28. The molecule has 2 aromatic rings. The van der Waals surface area contributed by atoms with E-state index in [4.69, 9.17) is 28.3 Å². The molecule has 0 saturated carbocycles. The number of benzene rings is 2. The number of anilines is 1. The lowest BCUT2D eigenvalue weighted by atomic mass is 9.89. The highest BCUT2D eigenvalue weighted by Gasteiger charge is 2.24. The van der Waals surface area contributed by atoms with E-state index in [0.29, 0.717) is 26.7 Å². The number of nitrogens with one attached hydrogen (secondary N) is 1. The van der Waals surface area contributed by atoms with Crippen LogP contribution in [0.5, 0.6) is 0 Å². The van der Waals surface area contributed by atoms with Gasteiger partial charge in [0, 0.05) is 16.6 Å². The van der Waals surface area contributed by atoms with Gasteiger partial charge in [0.05, 0.1) is 17.7 Å². The quantitative estimate of drug-likeness (QED) is 0.474. The van der Waals surface area contributed by atoms with E-state index in [0.717, 1.165) is 5.56 Å². The summed E-state index contributed by atoms with van der Waals surface area (Å²) in [6.45, 7) is 3.09. The number of amides is 2. The molecule has 0 saturated heterocycles. The minimum atomic E-state index is -1.48. The number of carboxylic acid groups (broad SMARTS) is 1. The third kappa shape index (κ3) is 5.52. The molecule has 8 nitrogen and oxygen atoms in total. The normalized spacial score (nSPS) is 11.7. The molecule has 2 rings (SSSR count). The second-order valence-electron chi connectivity index (χ2n) is 6.32. The van der Waals surface area contributed by atoms with Crippen LogP contribution in [0.1, 0.15) is 29.5 Å². The molecule has 158 valence electrons. The number of imide groups is 1. The van der Waals surface area contributed by atoms with Gasteiger partial charge in [-0.05, 0) is 54.8 Å². The Kier molecular flexibility index (Phi) is 7.98. The smallest absolute Gasteiger partial charge is 0.414 e. The number of nitrogens with zero attached hydrogens (tertiary/aromatic N) is 4. The lowest BCUT2D eigenvalue weighted by Gasteiger charge is -2.17. The molecule has 0 radical (unpaired) electrons. The number of halogens is 2. The Morgan fingerprint density at radius 1 is 1.23 bits per heavy atom. The summed E-state index contributed by atoms with van der Waals surface area (Å²) < 4.78 is 0. The number of hydrogen-bond donors (Lipinski definition) is 2. The first-order valence-corrected chi connectivity index (χ1v) is 9.72. The highest BCUT2D eigenvalue weighted by Crippen LogP contribution is 2.35. The monoisotopic (exact) mass is 457 g/mol. The van der Waals surface area contributed by atoms with Crippen molar-refractivity contribution in [3.8, 4) is 12.1 Å². The summed E-state index contributed by atoms with van der Waals surface area (Å²) in [5, 5.41) is 32.5. The molecule has 0 spiro atoms. The molecule has 1 atom stereocenters. The molecular formula is C21H17Cl2N5O3. The molecule has 0 aliphatic rings. The van der Waals surface area contributed by atoms with Crippen LogP contribution in [-0.4, -0.2) is 34.3 Å². The SMILES string of the molecule is CCN(C(=O)O)C(=O)/C(C#N)=N/Nc1cc(C)c(C(C#N)c2ccc(Cl)cc2)c(Cl)c1. The Labute approximate surface area is 188 Å². The van der Waals surface area contributed by atoms with E-state index in [9.17, 15) is 20.1 Å². The minimum Gasteiger partial charge on any atom is -0.465 e. The summed E-state index contributed by atoms with van der Waals surface area (Å²) in [4.78, 5) is 23.7. The number of aryl methyl sites for hydroxylation is 1. The van der Waals surface area contributed by atoms with Gasteiger partial charge in [-0.1, -0.05) is 35.3 Å². The fourth-order valence-electron chi connectivity index (χ4n) is 2.88. The maximum absolute atomic E-state index is 12.1. The molecule has 0 heterocycles. The van der Waals surface area contributed by atoms with Crippen molar-refractivity contribution in [1.82, 2.24) is 4.90 Å². The first kappa shape index (κ1) is 23.7. The van der Waals surface area contributed by atoms with E-state index in [1.54, 1.807) is 43.3 Å². The fourth-order valence-corrected chi connectivity index (χ4v) is 3.38. The Bertz CT molecular complexity index is 1090. The summed E-state index contributed by atoms with van der Waals surface area (Å²) in [6, 6.07) is 13.8. The van der Waals surface area contributed by atoms with E-state index >= 15 is 0 Å². The maximum atomic E-state index is 12.1. The molecule has 0 aliphatic heterocycles. The average Bonchev–Trinajstić information content (AvgIpc) is 2.72. The summed E-state index contributed by atoms with van der Waals surface area (Å²) in [6.07, 6.45) is -1.48. The van der Waals surface area contributed by atoms with Gasteiger partial charge >= 0.3 is 6.09 Å². The average molecular weight is 458 g/mol. The highest BCUT2D eigenvalue weighted by atomic mass is 35.5. The summed E-state index contributed by atoms with van der Waals surface area (Å²) >= 11 is 12.3. The van der Waals surface area contributed by atoms with Gasteiger partial charge in [-0.3, -0.25) is 10.2 Å². The third-order valence-electron chi connectivity index (χ3n) is 4.36. The molecule has 2 N–H and O–H groups in total. The van der Waals surface area contributed by atoms with Gasteiger partial charge in [-0.15, -0.1) is 0 Å². The van der Waals surface area contributed by atoms with Gasteiger partial charge in [0.1, 0.15) is 6.07 Å². The molecule has 2 amide bonds. The molecule has 0 fully saturated rings. The molecule has 0 bridgehead atoms. The number of carbonyl (C=O) groups excluding carboxylic acids is 1. The Balaban J connectivity index is 2.35. The van der Waals surface area contributed by atoms with Gasteiger partial charge in [-0.25, -0.2) is 9.69 Å². The zero-order valence-electron chi connectivity index (χ0n) is 16.6. The van der Waals surface area contributed by atoms with Crippen molar-refractivity contribution >= 4 is 46.6 Å². The molecule has 2 aromatic carbocycles. The van der Waals surface area contributed by atoms with Crippen LogP contribution in [0.15, 0.2) is 41.5 Å². The topological polar surface area (TPSA) is 130 Å². The van der Waals surface area contributed by atoms with Crippen molar-refractivity contribution in [3.05, 3.63) is 63.1 Å². The molecule has 0 aliphatic carbocycles.